The third-order valence-corrected chi connectivity index (χ3v) is 5.26. The Kier molecular flexibility index (Phi) is 5.19. The number of carbonyl (C=O) groups excluding carboxylic acids is 1. The molecule has 23 heavy (non-hydrogen) atoms. The number of carbonyl (C=O) groups is 1. The van der Waals surface area contributed by atoms with Crippen LogP contribution in [-0.2, 0) is 4.79 Å². The number of Topliss-reactive ketones (excluding diaryl/α,β-unsaturated/α-hetero) is 1. The lowest BCUT2D eigenvalue weighted by Crippen LogP contribution is -2.42. The fourth-order valence-electron chi connectivity index (χ4n) is 3.25. The molecule has 0 amide bonds. The predicted molar refractivity (Wildman–Crippen MR) is 91.0 cm³/mol. The van der Waals surface area contributed by atoms with Gasteiger partial charge < -0.3 is 5.11 Å². The first-order chi connectivity index (χ1) is 11.1. The smallest absolute Gasteiger partial charge is 0.157 e. The molecule has 0 spiro atoms. The number of likely N-dealkylation sites (tertiary alicyclic amines) is 1. The Morgan fingerprint density at radius 2 is 2.13 bits per heavy atom. The average molecular weight is 335 g/mol. The predicted octanol–water partition coefficient (Wildman–Crippen LogP) is 2.77. The second kappa shape index (κ2) is 7.16. The van der Waals surface area contributed by atoms with E-state index in [2.05, 4.69) is 12.6 Å². The summed E-state index contributed by atoms with van der Waals surface area (Å²) < 4.78 is 14.3. The van der Waals surface area contributed by atoms with E-state index in [9.17, 15) is 14.3 Å². The van der Waals surface area contributed by atoms with Gasteiger partial charge >= 0.3 is 0 Å². The molecular formula is C18H22FNO2S. The van der Waals surface area contributed by atoms with Crippen LogP contribution in [0.3, 0.4) is 0 Å². The van der Waals surface area contributed by atoms with E-state index in [-0.39, 0.29) is 29.4 Å². The van der Waals surface area contributed by atoms with Gasteiger partial charge in [0.15, 0.2) is 5.78 Å². The van der Waals surface area contributed by atoms with Crippen LogP contribution in [0, 0.1) is 11.7 Å². The van der Waals surface area contributed by atoms with Crippen LogP contribution in [0.25, 0.3) is 0 Å². The number of ketones is 1. The lowest BCUT2D eigenvalue weighted by atomic mass is 9.93. The van der Waals surface area contributed by atoms with Crippen molar-refractivity contribution in [3.8, 4) is 0 Å². The third kappa shape index (κ3) is 3.67. The summed E-state index contributed by atoms with van der Waals surface area (Å²) in [6, 6.07) is 6.02. The number of halogens is 1. The fraction of sp³-hybridized carbons (Fsp3) is 0.500. The molecule has 2 aliphatic rings. The molecule has 0 radical (unpaired) electrons. The van der Waals surface area contributed by atoms with E-state index in [1.807, 2.05) is 4.90 Å². The number of aliphatic hydroxyl groups excluding tert-OH is 1. The molecule has 0 bridgehead atoms. The molecule has 124 valence electrons. The highest BCUT2D eigenvalue weighted by molar-refractivity contribution is 7.81. The topological polar surface area (TPSA) is 40.5 Å². The Bertz CT molecular complexity index is 615. The monoisotopic (exact) mass is 335 g/mol. The first-order valence-corrected chi connectivity index (χ1v) is 8.63. The number of hydrogen-bond donors (Lipinski definition) is 2. The van der Waals surface area contributed by atoms with Gasteiger partial charge in [0.2, 0.25) is 0 Å². The van der Waals surface area contributed by atoms with E-state index in [1.54, 1.807) is 24.3 Å². The van der Waals surface area contributed by atoms with Crippen molar-refractivity contribution >= 4 is 18.4 Å². The standard InChI is InChI=1S/C18H22FNO2S/c19-15-4-2-1-3-14(15)17(18(22)12-5-6-12)20-9-7-16(23)13(11-20)8-10-21/h1-4,8,12,16-17,21,23H,5-7,9-11H2. The van der Waals surface area contributed by atoms with Crippen LogP contribution in [0.15, 0.2) is 35.9 Å². The van der Waals surface area contributed by atoms with E-state index in [4.69, 9.17) is 0 Å². The number of piperidine rings is 1. The Morgan fingerprint density at radius 1 is 1.39 bits per heavy atom. The molecule has 1 N–H and O–H groups in total. The molecule has 1 aromatic carbocycles. The number of benzene rings is 1. The summed E-state index contributed by atoms with van der Waals surface area (Å²) in [5.74, 6) is -0.137. The van der Waals surface area contributed by atoms with Crippen LogP contribution in [0.5, 0.6) is 0 Å². The Hall–Kier alpha value is -1.17. The zero-order chi connectivity index (χ0) is 16.4. The number of nitrogens with zero attached hydrogens (tertiary/aromatic N) is 1. The first-order valence-electron chi connectivity index (χ1n) is 8.12. The second-order valence-electron chi connectivity index (χ2n) is 6.34. The van der Waals surface area contributed by atoms with Crippen LogP contribution in [-0.4, -0.2) is 40.7 Å². The highest BCUT2D eigenvalue weighted by Gasteiger charge is 2.40. The van der Waals surface area contributed by atoms with E-state index in [1.165, 1.54) is 6.07 Å². The summed E-state index contributed by atoms with van der Waals surface area (Å²) in [4.78, 5) is 14.8. The zero-order valence-electron chi connectivity index (χ0n) is 13.0. The third-order valence-electron chi connectivity index (χ3n) is 4.67. The maximum absolute atomic E-state index is 14.3. The van der Waals surface area contributed by atoms with Crippen molar-refractivity contribution < 1.29 is 14.3 Å². The van der Waals surface area contributed by atoms with Crippen molar-refractivity contribution in [2.24, 2.45) is 5.92 Å². The Labute approximate surface area is 141 Å². The van der Waals surface area contributed by atoms with Crippen LogP contribution < -0.4 is 0 Å². The van der Waals surface area contributed by atoms with Gasteiger partial charge in [-0.2, -0.15) is 12.6 Å². The second-order valence-corrected chi connectivity index (χ2v) is 6.96. The average Bonchev–Trinajstić information content (AvgIpc) is 3.37. The molecule has 5 heteroatoms. The van der Waals surface area contributed by atoms with Gasteiger partial charge in [0, 0.05) is 29.8 Å². The first kappa shape index (κ1) is 16.7. The number of aliphatic hydroxyl groups is 1. The molecule has 3 rings (SSSR count). The lowest BCUT2D eigenvalue weighted by molar-refractivity contribution is -0.126. The van der Waals surface area contributed by atoms with Gasteiger partial charge in [-0.1, -0.05) is 24.3 Å². The molecule has 2 atom stereocenters. The Balaban J connectivity index is 1.91. The van der Waals surface area contributed by atoms with Crippen molar-refractivity contribution in [2.75, 3.05) is 19.7 Å². The summed E-state index contributed by atoms with van der Waals surface area (Å²) in [5.41, 5.74) is 1.47. The minimum absolute atomic E-state index is 0.0405. The molecule has 1 aromatic rings. The number of thiol groups is 1. The van der Waals surface area contributed by atoms with Crippen molar-refractivity contribution in [1.29, 1.82) is 0 Å². The summed E-state index contributed by atoms with van der Waals surface area (Å²) >= 11 is 4.55. The van der Waals surface area contributed by atoms with Gasteiger partial charge in [-0.3, -0.25) is 9.69 Å². The molecule has 2 unspecified atom stereocenters. The van der Waals surface area contributed by atoms with E-state index in [0.29, 0.717) is 18.7 Å². The van der Waals surface area contributed by atoms with Crippen LogP contribution in [0.1, 0.15) is 30.9 Å². The van der Waals surface area contributed by atoms with Crippen LogP contribution >= 0.6 is 12.6 Å². The van der Waals surface area contributed by atoms with E-state index >= 15 is 0 Å². The van der Waals surface area contributed by atoms with Crippen molar-refractivity contribution in [3.63, 3.8) is 0 Å². The molecule has 1 saturated carbocycles. The summed E-state index contributed by atoms with van der Waals surface area (Å²) in [6.07, 6.45) is 4.36. The van der Waals surface area contributed by atoms with Gasteiger partial charge in [-0.05, 0) is 30.9 Å². The molecule has 2 fully saturated rings. The molecule has 1 saturated heterocycles. The highest BCUT2D eigenvalue weighted by Crippen LogP contribution is 2.39. The SMILES string of the molecule is O=C(C1CC1)C(c1ccccc1F)N1CCC(S)C(=CCO)C1. The minimum atomic E-state index is -0.536. The largest absolute Gasteiger partial charge is 0.392 e. The number of hydrogen-bond acceptors (Lipinski definition) is 4. The van der Waals surface area contributed by atoms with Crippen molar-refractivity contribution in [3.05, 3.63) is 47.3 Å². The molecule has 3 nitrogen and oxygen atoms in total. The molecule has 1 aliphatic heterocycles. The maximum atomic E-state index is 14.3. The Morgan fingerprint density at radius 3 is 2.78 bits per heavy atom. The molecular weight excluding hydrogens is 313 g/mol. The summed E-state index contributed by atoms with van der Waals surface area (Å²) in [6.45, 7) is 1.21. The zero-order valence-corrected chi connectivity index (χ0v) is 13.9. The van der Waals surface area contributed by atoms with E-state index in [0.717, 1.165) is 24.8 Å². The maximum Gasteiger partial charge on any atom is 0.157 e. The molecule has 1 heterocycles. The minimum Gasteiger partial charge on any atom is -0.392 e. The molecule has 1 aliphatic carbocycles. The molecule has 0 aromatic heterocycles. The highest BCUT2D eigenvalue weighted by atomic mass is 32.1. The summed E-state index contributed by atoms with van der Waals surface area (Å²) in [5, 5.41) is 9.27. The number of rotatable bonds is 5. The summed E-state index contributed by atoms with van der Waals surface area (Å²) in [7, 11) is 0. The van der Waals surface area contributed by atoms with Gasteiger partial charge in [-0.25, -0.2) is 4.39 Å². The van der Waals surface area contributed by atoms with E-state index < -0.39 is 6.04 Å². The fourth-order valence-corrected chi connectivity index (χ4v) is 3.55. The van der Waals surface area contributed by atoms with Gasteiger partial charge in [0.1, 0.15) is 5.82 Å². The quantitative estimate of drug-likeness (QED) is 0.642. The van der Waals surface area contributed by atoms with Crippen LogP contribution in [0.4, 0.5) is 4.39 Å². The van der Waals surface area contributed by atoms with Gasteiger partial charge in [0.25, 0.3) is 0 Å². The van der Waals surface area contributed by atoms with Crippen molar-refractivity contribution in [1.82, 2.24) is 4.90 Å². The van der Waals surface area contributed by atoms with Gasteiger partial charge in [-0.15, -0.1) is 0 Å². The van der Waals surface area contributed by atoms with Crippen LogP contribution in [0.2, 0.25) is 0 Å². The normalized spacial score (nSPS) is 25.5. The van der Waals surface area contributed by atoms with Crippen molar-refractivity contribution in [2.45, 2.75) is 30.6 Å². The van der Waals surface area contributed by atoms with Gasteiger partial charge in [0.05, 0.1) is 12.6 Å². The lowest BCUT2D eigenvalue weighted by Gasteiger charge is -2.37.